The summed E-state index contributed by atoms with van der Waals surface area (Å²) in [6.07, 6.45) is -2.54. The maximum atomic E-state index is 12.5. The average Bonchev–Trinajstić information content (AvgIpc) is 2.97. The van der Waals surface area contributed by atoms with Gasteiger partial charge in [0.2, 0.25) is 0 Å². The van der Waals surface area contributed by atoms with Crippen LogP contribution < -0.4 is 0 Å². The summed E-state index contributed by atoms with van der Waals surface area (Å²) in [5.74, 6) is 0.0387. The van der Waals surface area contributed by atoms with Crippen molar-refractivity contribution in [2.24, 2.45) is 5.41 Å². The second kappa shape index (κ2) is 3.86. The van der Waals surface area contributed by atoms with E-state index in [0.29, 0.717) is 5.56 Å². The first-order chi connectivity index (χ1) is 7.81. The number of ketones is 1. The Hall–Kier alpha value is -1.32. The zero-order valence-electron chi connectivity index (χ0n) is 9.47. The van der Waals surface area contributed by atoms with Crippen LogP contribution in [-0.2, 0) is 17.4 Å². The van der Waals surface area contributed by atoms with Gasteiger partial charge in [0, 0.05) is 11.8 Å². The molecule has 0 aliphatic heterocycles. The highest BCUT2D eigenvalue weighted by Crippen LogP contribution is 2.46. The summed E-state index contributed by atoms with van der Waals surface area (Å²) in [7, 11) is 0. The van der Waals surface area contributed by atoms with Gasteiger partial charge in [0.05, 0.1) is 5.56 Å². The van der Waals surface area contributed by atoms with Gasteiger partial charge >= 0.3 is 6.18 Å². The standard InChI is InChI=1S/C13H13F3O/c1-12(5-6-12)11(17)8-9-3-2-4-10(7-9)13(14,15)16/h2-4,7H,5-6,8H2,1H3. The van der Waals surface area contributed by atoms with Gasteiger partial charge in [-0.1, -0.05) is 25.1 Å². The summed E-state index contributed by atoms with van der Waals surface area (Å²) in [6.45, 7) is 1.86. The van der Waals surface area contributed by atoms with Crippen LogP contribution in [0.4, 0.5) is 13.2 Å². The van der Waals surface area contributed by atoms with Gasteiger partial charge in [0.15, 0.2) is 0 Å². The lowest BCUT2D eigenvalue weighted by Crippen LogP contribution is -2.15. The Bertz CT molecular complexity index is 444. The first kappa shape index (κ1) is 12.1. The molecule has 0 saturated heterocycles. The van der Waals surface area contributed by atoms with Crippen molar-refractivity contribution in [2.75, 3.05) is 0 Å². The molecule has 1 nitrogen and oxygen atoms in total. The van der Waals surface area contributed by atoms with Crippen molar-refractivity contribution in [3.8, 4) is 0 Å². The molecular weight excluding hydrogens is 229 g/mol. The summed E-state index contributed by atoms with van der Waals surface area (Å²) in [6, 6.07) is 5.00. The van der Waals surface area contributed by atoms with E-state index in [0.717, 1.165) is 25.0 Å². The van der Waals surface area contributed by atoms with Crippen molar-refractivity contribution in [1.82, 2.24) is 0 Å². The molecule has 0 radical (unpaired) electrons. The van der Waals surface area contributed by atoms with Crippen LogP contribution in [0.1, 0.15) is 30.9 Å². The number of hydrogen-bond acceptors (Lipinski definition) is 1. The van der Waals surface area contributed by atoms with Gasteiger partial charge in [-0.05, 0) is 24.5 Å². The minimum Gasteiger partial charge on any atom is -0.299 e. The van der Waals surface area contributed by atoms with E-state index >= 15 is 0 Å². The highest BCUT2D eigenvalue weighted by Gasteiger charge is 2.44. The highest BCUT2D eigenvalue weighted by atomic mass is 19.4. The van der Waals surface area contributed by atoms with E-state index in [4.69, 9.17) is 0 Å². The molecule has 2 rings (SSSR count). The molecule has 1 saturated carbocycles. The summed E-state index contributed by atoms with van der Waals surface area (Å²) < 4.78 is 37.4. The van der Waals surface area contributed by atoms with Crippen LogP contribution in [0, 0.1) is 5.41 Å². The molecule has 1 fully saturated rings. The van der Waals surface area contributed by atoms with Crippen molar-refractivity contribution in [2.45, 2.75) is 32.4 Å². The smallest absolute Gasteiger partial charge is 0.299 e. The minimum atomic E-state index is -4.34. The topological polar surface area (TPSA) is 17.1 Å². The normalized spacial score (nSPS) is 17.9. The van der Waals surface area contributed by atoms with Crippen LogP contribution in [0.3, 0.4) is 0 Å². The van der Waals surface area contributed by atoms with Crippen molar-refractivity contribution < 1.29 is 18.0 Å². The Morgan fingerprint density at radius 3 is 2.53 bits per heavy atom. The Balaban J connectivity index is 2.14. The Kier molecular flexibility index (Phi) is 2.76. The first-order valence-electron chi connectivity index (χ1n) is 5.51. The molecule has 0 aromatic heterocycles. The number of rotatable bonds is 3. The minimum absolute atomic E-state index is 0.0387. The molecule has 0 heterocycles. The lowest BCUT2D eigenvalue weighted by Gasteiger charge is -2.10. The third kappa shape index (κ3) is 2.68. The zero-order valence-corrected chi connectivity index (χ0v) is 9.47. The molecule has 0 unspecified atom stereocenters. The molecule has 0 atom stereocenters. The molecule has 1 aliphatic rings. The summed E-state index contributed by atoms with van der Waals surface area (Å²) >= 11 is 0. The lowest BCUT2D eigenvalue weighted by molar-refractivity contribution is -0.137. The molecule has 0 bridgehead atoms. The van der Waals surface area contributed by atoms with Crippen molar-refractivity contribution in [3.63, 3.8) is 0 Å². The van der Waals surface area contributed by atoms with Crippen LogP contribution in [0.25, 0.3) is 0 Å². The molecule has 17 heavy (non-hydrogen) atoms. The third-order valence-electron chi connectivity index (χ3n) is 3.29. The fraction of sp³-hybridized carbons (Fsp3) is 0.462. The van der Waals surface area contributed by atoms with E-state index < -0.39 is 11.7 Å². The SMILES string of the molecule is CC1(C(=O)Cc2cccc(C(F)(F)F)c2)CC1. The fourth-order valence-electron chi connectivity index (χ4n) is 1.72. The van der Waals surface area contributed by atoms with E-state index in [1.165, 1.54) is 6.07 Å². The molecule has 4 heteroatoms. The Labute approximate surface area is 97.6 Å². The lowest BCUT2D eigenvalue weighted by atomic mass is 9.96. The summed E-state index contributed by atoms with van der Waals surface area (Å²) in [5.41, 5.74) is -0.532. The van der Waals surface area contributed by atoms with Crippen LogP contribution in [0.2, 0.25) is 0 Å². The van der Waals surface area contributed by atoms with Crippen LogP contribution >= 0.6 is 0 Å². The number of benzene rings is 1. The maximum absolute atomic E-state index is 12.5. The van der Waals surface area contributed by atoms with Gasteiger partial charge in [0.25, 0.3) is 0 Å². The molecule has 0 amide bonds. The van der Waals surface area contributed by atoms with Gasteiger partial charge < -0.3 is 0 Å². The molecular formula is C13H13F3O. The molecule has 1 aliphatic carbocycles. The maximum Gasteiger partial charge on any atom is 0.416 e. The number of carbonyl (C=O) groups excluding carboxylic acids is 1. The van der Waals surface area contributed by atoms with E-state index in [9.17, 15) is 18.0 Å². The van der Waals surface area contributed by atoms with Crippen molar-refractivity contribution in [3.05, 3.63) is 35.4 Å². The van der Waals surface area contributed by atoms with Crippen LogP contribution in [0.15, 0.2) is 24.3 Å². The largest absolute Gasteiger partial charge is 0.416 e. The number of halogens is 3. The fourth-order valence-corrected chi connectivity index (χ4v) is 1.72. The van der Waals surface area contributed by atoms with Gasteiger partial charge in [-0.15, -0.1) is 0 Å². The van der Waals surface area contributed by atoms with E-state index in [1.54, 1.807) is 6.07 Å². The highest BCUT2D eigenvalue weighted by molar-refractivity contribution is 5.88. The molecule has 1 aromatic carbocycles. The molecule has 0 N–H and O–H groups in total. The molecule has 92 valence electrons. The molecule has 1 aromatic rings. The second-order valence-electron chi connectivity index (χ2n) is 4.86. The van der Waals surface area contributed by atoms with Gasteiger partial charge in [-0.25, -0.2) is 0 Å². The first-order valence-corrected chi connectivity index (χ1v) is 5.51. The Morgan fingerprint density at radius 1 is 1.35 bits per heavy atom. The molecule has 0 spiro atoms. The van der Waals surface area contributed by atoms with Crippen molar-refractivity contribution >= 4 is 5.78 Å². The third-order valence-corrected chi connectivity index (χ3v) is 3.29. The Morgan fingerprint density at radius 2 is 2.00 bits per heavy atom. The van der Waals surface area contributed by atoms with Gasteiger partial charge in [0.1, 0.15) is 5.78 Å². The van der Waals surface area contributed by atoms with Crippen LogP contribution in [-0.4, -0.2) is 5.78 Å². The van der Waals surface area contributed by atoms with Crippen LogP contribution in [0.5, 0.6) is 0 Å². The second-order valence-corrected chi connectivity index (χ2v) is 4.86. The number of carbonyl (C=O) groups is 1. The number of Topliss-reactive ketones (excluding diaryl/α,β-unsaturated/α-hetero) is 1. The summed E-state index contributed by atoms with van der Waals surface area (Å²) in [4.78, 5) is 11.8. The van der Waals surface area contributed by atoms with E-state index in [1.807, 2.05) is 6.92 Å². The predicted molar refractivity (Wildman–Crippen MR) is 57.5 cm³/mol. The zero-order chi connectivity index (χ0) is 12.7. The van der Waals surface area contributed by atoms with Gasteiger partial charge in [-0.3, -0.25) is 4.79 Å². The van der Waals surface area contributed by atoms with Gasteiger partial charge in [-0.2, -0.15) is 13.2 Å². The summed E-state index contributed by atoms with van der Waals surface area (Å²) in [5, 5.41) is 0. The predicted octanol–water partition coefficient (Wildman–Crippen LogP) is 3.62. The quantitative estimate of drug-likeness (QED) is 0.791. The number of alkyl halides is 3. The van der Waals surface area contributed by atoms with E-state index in [-0.39, 0.29) is 17.6 Å². The number of hydrogen-bond donors (Lipinski definition) is 0. The monoisotopic (exact) mass is 242 g/mol. The van der Waals surface area contributed by atoms with E-state index in [2.05, 4.69) is 0 Å². The average molecular weight is 242 g/mol. The van der Waals surface area contributed by atoms with Crippen molar-refractivity contribution in [1.29, 1.82) is 0 Å².